The molecule has 0 saturated heterocycles. The van der Waals surface area contributed by atoms with Crippen LogP contribution in [0.4, 0.5) is 22.7 Å². The smallest absolute Gasteiger partial charge is 0.258 e. The topological polar surface area (TPSA) is 173 Å². The molecule has 0 atom stereocenters. The van der Waals surface area contributed by atoms with Gasteiger partial charge in [0.25, 0.3) is 22.7 Å². The molecule has 0 aromatic heterocycles. The summed E-state index contributed by atoms with van der Waals surface area (Å²) in [5.41, 5.74) is -0.852. The summed E-state index contributed by atoms with van der Waals surface area (Å²) in [5, 5.41) is 40.6. The average Bonchev–Trinajstić information content (AvgIpc) is 2.55. The Morgan fingerprint density at radius 2 is 0.792 bits per heavy atom. The lowest BCUT2D eigenvalue weighted by molar-refractivity contribution is -0.394. The predicted octanol–water partition coefficient (Wildman–Crippen LogP) is 3.01. The number of non-ortho nitro benzene ring substituents is 4. The lowest BCUT2D eigenvalue weighted by Gasteiger charge is -1.90. The molecule has 0 aliphatic heterocycles. The van der Waals surface area contributed by atoms with E-state index in [2.05, 4.69) is 0 Å². The highest BCUT2D eigenvalue weighted by atomic mass is 16.6. The Balaban J connectivity index is 0.000000240. The number of nitro groups is 4. The molecule has 0 aliphatic rings. The Kier molecular flexibility index (Phi) is 5.94. The Labute approximate surface area is 132 Å². The molecule has 0 spiro atoms. The van der Waals surface area contributed by atoms with Gasteiger partial charge in [-0.05, 0) is 6.07 Å². The van der Waals surface area contributed by atoms with Gasteiger partial charge in [-0.25, -0.2) is 0 Å². The second kappa shape index (κ2) is 7.88. The summed E-state index contributed by atoms with van der Waals surface area (Å²) in [7, 11) is 0. The predicted molar refractivity (Wildman–Crippen MR) is 79.5 cm³/mol. The average molecular weight is 336 g/mol. The molecule has 24 heavy (non-hydrogen) atoms. The van der Waals surface area contributed by atoms with Crippen LogP contribution in [-0.2, 0) is 0 Å². The Hall–Kier alpha value is -3.96. The van der Waals surface area contributed by atoms with E-state index < -0.39 is 19.7 Å². The van der Waals surface area contributed by atoms with Gasteiger partial charge in [-0.2, -0.15) is 0 Å². The highest BCUT2D eigenvalue weighted by Gasteiger charge is 2.11. The molecule has 2 aromatic rings. The van der Waals surface area contributed by atoms with Gasteiger partial charge in [-0.1, -0.05) is 0 Å². The first-order chi connectivity index (χ1) is 11.2. The van der Waals surface area contributed by atoms with Gasteiger partial charge in [-0.3, -0.25) is 40.5 Å². The van der Waals surface area contributed by atoms with Crippen molar-refractivity contribution in [2.24, 2.45) is 0 Å². The van der Waals surface area contributed by atoms with Gasteiger partial charge in [0.2, 0.25) is 0 Å². The van der Waals surface area contributed by atoms with Crippen LogP contribution in [0.5, 0.6) is 0 Å². The van der Waals surface area contributed by atoms with E-state index >= 15 is 0 Å². The fourth-order valence-corrected chi connectivity index (χ4v) is 1.42. The van der Waals surface area contributed by atoms with Crippen molar-refractivity contribution in [3.05, 3.63) is 89.0 Å². The zero-order chi connectivity index (χ0) is 18.3. The zero-order valence-electron chi connectivity index (χ0n) is 11.7. The number of rotatable bonds is 4. The molecule has 0 aliphatic carbocycles. The second-order valence-corrected chi connectivity index (χ2v) is 4.06. The summed E-state index contributed by atoms with van der Waals surface area (Å²) in [6, 6.07) is 8.98. The van der Waals surface area contributed by atoms with Crippen molar-refractivity contribution in [1.82, 2.24) is 0 Å². The molecule has 0 unspecified atom stereocenters. The molecule has 0 amide bonds. The number of hydrogen-bond donors (Lipinski definition) is 0. The maximum absolute atomic E-state index is 10.2. The van der Waals surface area contributed by atoms with E-state index in [4.69, 9.17) is 0 Å². The van der Waals surface area contributed by atoms with Crippen LogP contribution in [0.1, 0.15) is 0 Å². The summed E-state index contributed by atoms with van der Waals surface area (Å²) in [5.74, 6) is 0. The lowest BCUT2D eigenvalue weighted by atomic mass is 10.3. The van der Waals surface area contributed by atoms with Crippen LogP contribution < -0.4 is 0 Å². The number of nitro benzene ring substituents is 4. The second-order valence-electron chi connectivity index (χ2n) is 4.06. The number of benzene rings is 2. The quantitative estimate of drug-likeness (QED) is 0.604. The molecule has 0 N–H and O–H groups in total. The SMILES string of the molecule is O=[N+]([O-])c1ccc([N+](=O)[O-])cc1.O=[N+]([O-])c1cccc([N+](=O)[O-])c1. The van der Waals surface area contributed by atoms with Crippen LogP contribution in [0.15, 0.2) is 48.5 Å². The molecule has 0 bridgehead atoms. The van der Waals surface area contributed by atoms with Gasteiger partial charge in [0.15, 0.2) is 0 Å². The van der Waals surface area contributed by atoms with Crippen molar-refractivity contribution in [3.63, 3.8) is 0 Å². The van der Waals surface area contributed by atoms with Crippen molar-refractivity contribution in [1.29, 1.82) is 0 Å². The first-order valence-corrected chi connectivity index (χ1v) is 6.00. The van der Waals surface area contributed by atoms with Gasteiger partial charge >= 0.3 is 0 Å². The lowest BCUT2D eigenvalue weighted by Crippen LogP contribution is -1.91. The van der Waals surface area contributed by atoms with Crippen LogP contribution in [0, 0.1) is 40.5 Å². The minimum Gasteiger partial charge on any atom is -0.258 e. The molecular weight excluding hydrogens is 328 g/mol. The summed E-state index contributed by atoms with van der Waals surface area (Å²) in [6.45, 7) is 0. The van der Waals surface area contributed by atoms with E-state index in [0.29, 0.717) is 0 Å². The Bertz CT molecular complexity index is 728. The first-order valence-electron chi connectivity index (χ1n) is 6.00. The maximum Gasteiger partial charge on any atom is 0.276 e. The van der Waals surface area contributed by atoms with E-state index in [1.807, 2.05) is 0 Å². The van der Waals surface area contributed by atoms with E-state index in [-0.39, 0.29) is 22.7 Å². The van der Waals surface area contributed by atoms with Crippen molar-refractivity contribution < 1.29 is 19.7 Å². The third kappa shape index (κ3) is 5.10. The van der Waals surface area contributed by atoms with Crippen molar-refractivity contribution in [2.75, 3.05) is 0 Å². The van der Waals surface area contributed by atoms with E-state index in [1.165, 1.54) is 18.2 Å². The molecule has 0 heterocycles. The minimum absolute atomic E-state index is 0.152. The Morgan fingerprint density at radius 3 is 1.04 bits per heavy atom. The summed E-state index contributed by atoms with van der Waals surface area (Å²) < 4.78 is 0. The van der Waals surface area contributed by atoms with Crippen molar-refractivity contribution in [2.45, 2.75) is 0 Å². The van der Waals surface area contributed by atoms with Crippen LogP contribution in [0.3, 0.4) is 0 Å². The third-order valence-corrected chi connectivity index (χ3v) is 2.52. The van der Waals surface area contributed by atoms with Gasteiger partial charge < -0.3 is 0 Å². The monoisotopic (exact) mass is 336 g/mol. The molecule has 124 valence electrons. The summed E-state index contributed by atoms with van der Waals surface area (Å²) in [6.07, 6.45) is 0. The Morgan fingerprint density at radius 1 is 0.500 bits per heavy atom. The van der Waals surface area contributed by atoms with Gasteiger partial charge in [0.1, 0.15) is 0 Å². The largest absolute Gasteiger partial charge is 0.276 e. The third-order valence-electron chi connectivity index (χ3n) is 2.52. The normalized spacial score (nSPS) is 9.33. The van der Waals surface area contributed by atoms with Crippen LogP contribution in [-0.4, -0.2) is 19.7 Å². The van der Waals surface area contributed by atoms with Gasteiger partial charge in [-0.15, -0.1) is 0 Å². The van der Waals surface area contributed by atoms with E-state index in [0.717, 1.165) is 30.3 Å². The van der Waals surface area contributed by atoms with Crippen LogP contribution in [0.25, 0.3) is 0 Å². The minimum atomic E-state index is -0.674. The van der Waals surface area contributed by atoms with Gasteiger partial charge in [0, 0.05) is 36.4 Å². The maximum atomic E-state index is 10.2. The molecule has 2 aromatic carbocycles. The highest BCUT2D eigenvalue weighted by molar-refractivity contribution is 5.42. The fraction of sp³-hybridized carbons (Fsp3) is 0. The molecule has 0 radical (unpaired) electrons. The standard InChI is InChI=1S/2C6H4N2O4/c9-7(10)5-1-2-6(4-3-5)8(11)12;9-7(10)5-2-1-3-6(4-5)8(11)12/h2*1-4H. The molecule has 2 rings (SSSR count). The summed E-state index contributed by atoms with van der Waals surface area (Å²) in [4.78, 5) is 38.0. The van der Waals surface area contributed by atoms with Crippen LogP contribution >= 0.6 is 0 Å². The van der Waals surface area contributed by atoms with E-state index in [9.17, 15) is 40.5 Å². The van der Waals surface area contributed by atoms with Gasteiger partial charge in [0.05, 0.1) is 25.8 Å². The number of hydrogen-bond acceptors (Lipinski definition) is 8. The molecular formula is C12H8N4O8. The molecule has 0 fully saturated rings. The molecule has 0 saturated carbocycles. The van der Waals surface area contributed by atoms with Crippen LogP contribution in [0.2, 0.25) is 0 Å². The van der Waals surface area contributed by atoms with Crippen molar-refractivity contribution in [3.8, 4) is 0 Å². The fourth-order valence-electron chi connectivity index (χ4n) is 1.42. The molecule has 12 heteroatoms. The zero-order valence-corrected chi connectivity index (χ0v) is 11.7. The first kappa shape index (κ1) is 18.1. The van der Waals surface area contributed by atoms with E-state index in [1.54, 1.807) is 0 Å². The number of nitrogens with zero attached hydrogens (tertiary/aromatic N) is 4. The van der Waals surface area contributed by atoms with Crippen molar-refractivity contribution >= 4 is 22.7 Å². The summed E-state index contributed by atoms with van der Waals surface area (Å²) >= 11 is 0. The highest BCUT2D eigenvalue weighted by Crippen LogP contribution is 2.18. The molecule has 12 nitrogen and oxygen atoms in total.